The van der Waals surface area contributed by atoms with E-state index >= 15 is 0 Å². The Balaban J connectivity index is 2.83. The Labute approximate surface area is 81.6 Å². The molecule has 0 saturated heterocycles. The smallest absolute Gasteiger partial charge is 0.489 e. The first-order chi connectivity index (χ1) is 6.65. The molecule has 0 aromatic heterocycles. The van der Waals surface area contributed by atoms with E-state index in [4.69, 9.17) is 14.8 Å². The Morgan fingerprint density at radius 3 is 2.71 bits per heavy atom. The van der Waals surface area contributed by atoms with Gasteiger partial charge in [0.1, 0.15) is 18.2 Å². The topological polar surface area (TPSA) is 49.7 Å². The minimum atomic E-state index is -1.80. The van der Waals surface area contributed by atoms with Crippen LogP contribution in [0.2, 0.25) is 0 Å². The molecule has 0 heterocycles. The lowest BCUT2D eigenvalue weighted by atomic mass is 9.80. The van der Waals surface area contributed by atoms with Gasteiger partial charge < -0.3 is 14.8 Å². The molecular weight excluding hydrogens is 186 g/mol. The van der Waals surface area contributed by atoms with Gasteiger partial charge in [0.15, 0.2) is 0 Å². The van der Waals surface area contributed by atoms with Crippen LogP contribution in [0.15, 0.2) is 30.9 Å². The van der Waals surface area contributed by atoms with Crippen molar-refractivity contribution in [2.24, 2.45) is 0 Å². The van der Waals surface area contributed by atoms with Gasteiger partial charge in [-0.3, -0.25) is 0 Å². The fraction of sp³-hybridized carbons (Fsp3) is 0.111. The Kier molecular flexibility index (Phi) is 3.68. The van der Waals surface area contributed by atoms with E-state index in [0.29, 0.717) is 5.75 Å². The van der Waals surface area contributed by atoms with Crippen LogP contribution in [0, 0.1) is 5.82 Å². The maximum atomic E-state index is 13.1. The average molecular weight is 196 g/mol. The first-order valence-corrected chi connectivity index (χ1v) is 4.04. The molecule has 0 aliphatic heterocycles. The SMILES string of the molecule is C=CCOc1ccc(B(O)O)c(F)c1. The molecule has 0 aliphatic carbocycles. The van der Waals surface area contributed by atoms with Crippen molar-refractivity contribution < 1.29 is 19.2 Å². The molecule has 1 rings (SSSR count). The Bertz CT molecular complexity index is 328. The van der Waals surface area contributed by atoms with Crippen molar-refractivity contribution in [3.05, 3.63) is 36.7 Å². The molecule has 0 aliphatic rings. The van der Waals surface area contributed by atoms with Gasteiger partial charge in [-0.2, -0.15) is 0 Å². The van der Waals surface area contributed by atoms with Gasteiger partial charge in [0.2, 0.25) is 0 Å². The summed E-state index contributed by atoms with van der Waals surface area (Å²) in [5.74, 6) is -0.381. The molecule has 1 aromatic rings. The maximum Gasteiger partial charge on any atom is 0.491 e. The van der Waals surface area contributed by atoms with Gasteiger partial charge in [-0.25, -0.2) is 4.39 Å². The van der Waals surface area contributed by atoms with E-state index in [-0.39, 0.29) is 12.1 Å². The van der Waals surface area contributed by atoms with Crippen molar-refractivity contribution in [2.45, 2.75) is 0 Å². The van der Waals surface area contributed by atoms with Crippen LogP contribution in [0.4, 0.5) is 4.39 Å². The molecule has 0 bridgehead atoms. The Morgan fingerprint density at radius 1 is 1.50 bits per heavy atom. The average Bonchev–Trinajstić information content (AvgIpc) is 2.14. The van der Waals surface area contributed by atoms with E-state index in [1.165, 1.54) is 18.2 Å². The first-order valence-electron chi connectivity index (χ1n) is 4.04. The lowest BCUT2D eigenvalue weighted by Crippen LogP contribution is -2.32. The summed E-state index contributed by atoms with van der Waals surface area (Å²) in [4.78, 5) is 0. The van der Waals surface area contributed by atoms with E-state index in [9.17, 15) is 4.39 Å². The minimum absolute atomic E-state index is 0.170. The van der Waals surface area contributed by atoms with Crippen LogP contribution in [0.1, 0.15) is 0 Å². The third kappa shape index (κ3) is 2.58. The number of hydrogen-bond donors (Lipinski definition) is 2. The summed E-state index contributed by atoms with van der Waals surface area (Å²) in [6.07, 6.45) is 1.53. The minimum Gasteiger partial charge on any atom is -0.489 e. The van der Waals surface area contributed by atoms with Crippen molar-refractivity contribution in [3.8, 4) is 5.75 Å². The Morgan fingerprint density at radius 2 is 2.21 bits per heavy atom. The maximum absolute atomic E-state index is 13.1. The lowest BCUT2D eigenvalue weighted by Gasteiger charge is -2.05. The van der Waals surface area contributed by atoms with E-state index in [2.05, 4.69) is 6.58 Å². The molecule has 2 N–H and O–H groups in total. The van der Waals surface area contributed by atoms with Crippen LogP contribution in [-0.4, -0.2) is 23.8 Å². The summed E-state index contributed by atoms with van der Waals surface area (Å²) in [6.45, 7) is 3.72. The molecule has 0 atom stereocenters. The van der Waals surface area contributed by atoms with E-state index < -0.39 is 12.9 Å². The predicted octanol–water partition coefficient (Wildman–Crippen LogP) is 0.0703. The number of hydrogen-bond acceptors (Lipinski definition) is 3. The fourth-order valence-corrected chi connectivity index (χ4v) is 0.962. The van der Waals surface area contributed by atoms with E-state index in [0.717, 1.165) is 6.07 Å². The van der Waals surface area contributed by atoms with Crippen LogP contribution >= 0.6 is 0 Å². The van der Waals surface area contributed by atoms with Gasteiger partial charge in [0.05, 0.1) is 0 Å². The second-order valence-electron chi connectivity index (χ2n) is 2.66. The highest BCUT2D eigenvalue weighted by molar-refractivity contribution is 6.58. The van der Waals surface area contributed by atoms with Gasteiger partial charge in [0.25, 0.3) is 0 Å². The van der Waals surface area contributed by atoms with E-state index in [1.54, 1.807) is 0 Å². The molecule has 14 heavy (non-hydrogen) atoms. The zero-order valence-corrected chi connectivity index (χ0v) is 7.48. The molecular formula is C9H10BFO3. The number of rotatable bonds is 4. The van der Waals surface area contributed by atoms with Crippen molar-refractivity contribution >= 4 is 12.6 Å². The molecule has 0 saturated carbocycles. The highest BCUT2D eigenvalue weighted by Gasteiger charge is 2.16. The van der Waals surface area contributed by atoms with Gasteiger partial charge in [-0.15, -0.1) is 0 Å². The molecule has 0 unspecified atom stereocenters. The van der Waals surface area contributed by atoms with Crippen molar-refractivity contribution in [1.29, 1.82) is 0 Å². The normalized spacial score (nSPS) is 9.64. The second kappa shape index (κ2) is 4.78. The van der Waals surface area contributed by atoms with Crippen LogP contribution in [0.3, 0.4) is 0 Å². The summed E-state index contributed by atoms with van der Waals surface area (Å²) in [7, 11) is -1.80. The summed E-state index contributed by atoms with van der Waals surface area (Å²) in [5, 5.41) is 17.5. The molecule has 0 amide bonds. The molecule has 5 heteroatoms. The van der Waals surface area contributed by atoms with E-state index in [1.807, 2.05) is 0 Å². The predicted molar refractivity (Wildman–Crippen MR) is 51.9 cm³/mol. The third-order valence-electron chi connectivity index (χ3n) is 1.62. The number of ether oxygens (including phenoxy) is 1. The highest BCUT2D eigenvalue weighted by Crippen LogP contribution is 2.10. The second-order valence-corrected chi connectivity index (χ2v) is 2.66. The van der Waals surface area contributed by atoms with Crippen LogP contribution < -0.4 is 10.2 Å². The van der Waals surface area contributed by atoms with Crippen LogP contribution in [0.25, 0.3) is 0 Å². The Hall–Kier alpha value is -1.33. The first kappa shape index (κ1) is 10.8. The zero-order chi connectivity index (χ0) is 10.6. The van der Waals surface area contributed by atoms with Gasteiger partial charge >= 0.3 is 7.12 Å². The van der Waals surface area contributed by atoms with Crippen molar-refractivity contribution in [3.63, 3.8) is 0 Å². The molecule has 74 valence electrons. The van der Waals surface area contributed by atoms with Crippen molar-refractivity contribution in [1.82, 2.24) is 0 Å². The molecule has 0 spiro atoms. The molecule has 3 nitrogen and oxygen atoms in total. The van der Waals surface area contributed by atoms with Crippen molar-refractivity contribution in [2.75, 3.05) is 6.61 Å². The summed E-state index contributed by atoms with van der Waals surface area (Å²) in [5.41, 5.74) is -0.170. The lowest BCUT2D eigenvalue weighted by molar-refractivity contribution is 0.361. The van der Waals surface area contributed by atoms with Gasteiger partial charge in [-0.05, 0) is 6.07 Å². The highest BCUT2D eigenvalue weighted by atomic mass is 19.1. The summed E-state index contributed by atoms with van der Waals surface area (Å²) >= 11 is 0. The zero-order valence-electron chi connectivity index (χ0n) is 7.48. The summed E-state index contributed by atoms with van der Waals surface area (Å²) < 4.78 is 18.2. The largest absolute Gasteiger partial charge is 0.491 e. The quantitative estimate of drug-likeness (QED) is 0.529. The van der Waals surface area contributed by atoms with Crippen LogP contribution in [0.5, 0.6) is 5.75 Å². The van der Waals surface area contributed by atoms with Gasteiger partial charge in [0, 0.05) is 11.5 Å². The van der Waals surface area contributed by atoms with Crippen LogP contribution in [-0.2, 0) is 0 Å². The number of benzene rings is 1. The van der Waals surface area contributed by atoms with Gasteiger partial charge in [-0.1, -0.05) is 18.7 Å². The number of halogens is 1. The molecule has 1 aromatic carbocycles. The third-order valence-corrected chi connectivity index (χ3v) is 1.62. The standard InChI is InChI=1S/C9H10BFO3/c1-2-5-14-7-3-4-8(10(12)13)9(11)6-7/h2-4,6,12-13H,1,5H2. The molecule has 0 radical (unpaired) electrons. The monoisotopic (exact) mass is 196 g/mol. The molecule has 0 fully saturated rings. The summed E-state index contributed by atoms with van der Waals surface area (Å²) in [6, 6.07) is 3.82. The fourth-order valence-electron chi connectivity index (χ4n) is 0.962.